The molecule has 0 bridgehead atoms. The van der Waals surface area contributed by atoms with Crippen molar-refractivity contribution in [2.24, 2.45) is 11.1 Å². The van der Waals surface area contributed by atoms with E-state index in [2.05, 4.69) is 19.9 Å². The quantitative estimate of drug-likeness (QED) is 0.741. The van der Waals surface area contributed by atoms with Gasteiger partial charge in [-0.05, 0) is 36.0 Å². The first kappa shape index (κ1) is 9.53. The van der Waals surface area contributed by atoms with Gasteiger partial charge in [0, 0.05) is 6.04 Å². The molecule has 2 N–H and O–H groups in total. The fraction of sp³-hybridized carbons (Fsp3) is 0.500. The molecular formula is C12H17NO. The summed E-state index contributed by atoms with van der Waals surface area (Å²) in [7, 11) is 0. The number of allylic oxidation sites excluding steroid dienone is 1. The number of nitrogens with two attached hydrogens (primary N) is 1. The molecule has 1 aromatic rings. The van der Waals surface area contributed by atoms with Crippen LogP contribution in [-0.4, -0.2) is 6.04 Å². The van der Waals surface area contributed by atoms with Crippen LogP contribution in [-0.2, 0) is 0 Å². The van der Waals surface area contributed by atoms with E-state index in [0.717, 1.165) is 18.6 Å². The zero-order valence-electron chi connectivity index (χ0n) is 8.79. The van der Waals surface area contributed by atoms with Gasteiger partial charge < -0.3 is 10.2 Å². The first-order valence-electron chi connectivity index (χ1n) is 5.07. The van der Waals surface area contributed by atoms with Gasteiger partial charge in [-0.1, -0.05) is 19.9 Å². The molecule has 1 aromatic heterocycles. The van der Waals surface area contributed by atoms with E-state index in [-0.39, 0.29) is 11.5 Å². The summed E-state index contributed by atoms with van der Waals surface area (Å²) in [5.74, 6) is 0.966. The molecule has 1 atom stereocenters. The van der Waals surface area contributed by atoms with Crippen LogP contribution in [0.4, 0.5) is 0 Å². The Hall–Kier alpha value is -1.02. The average Bonchev–Trinajstić information content (AvgIpc) is 2.51. The van der Waals surface area contributed by atoms with Crippen LogP contribution in [0.15, 0.2) is 28.9 Å². The molecule has 0 amide bonds. The van der Waals surface area contributed by atoms with Crippen LogP contribution in [0.2, 0.25) is 0 Å². The van der Waals surface area contributed by atoms with E-state index >= 15 is 0 Å². The second-order valence-electron chi connectivity index (χ2n) is 4.88. The Balaban J connectivity index is 2.28. The van der Waals surface area contributed by atoms with Crippen molar-refractivity contribution >= 4 is 5.57 Å². The van der Waals surface area contributed by atoms with Crippen LogP contribution >= 0.6 is 0 Å². The van der Waals surface area contributed by atoms with Gasteiger partial charge in [0.25, 0.3) is 0 Å². The Morgan fingerprint density at radius 3 is 2.86 bits per heavy atom. The summed E-state index contributed by atoms with van der Waals surface area (Å²) in [5.41, 5.74) is 7.53. The summed E-state index contributed by atoms with van der Waals surface area (Å²) in [6.45, 7) is 4.51. The Labute approximate surface area is 84.8 Å². The van der Waals surface area contributed by atoms with Gasteiger partial charge in [0.05, 0.1) is 6.26 Å². The Bertz CT molecular complexity index is 335. The molecule has 14 heavy (non-hydrogen) atoms. The second-order valence-corrected chi connectivity index (χ2v) is 4.88. The maximum Gasteiger partial charge on any atom is 0.129 e. The van der Waals surface area contributed by atoms with Crippen molar-refractivity contribution in [1.29, 1.82) is 0 Å². The maximum absolute atomic E-state index is 5.99. The molecule has 0 aliphatic heterocycles. The number of furan rings is 1. The molecule has 0 aromatic carbocycles. The van der Waals surface area contributed by atoms with Gasteiger partial charge in [-0.2, -0.15) is 0 Å². The Kier molecular flexibility index (Phi) is 2.23. The molecule has 1 heterocycles. The smallest absolute Gasteiger partial charge is 0.129 e. The highest BCUT2D eigenvalue weighted by Gasteiger charge is 2.28. The minimum absolute atomic E-state index is 0.166. The van der Waals surface area contributed by atoms with Crippen molar-refractivity contribution in [2.45, 2.75) is 32.7 Å². The molecule has 0 spiro atoms. The van der Waals surface area contributed by atoms with Crippen molar-refractivity contribution < 1.29 is 4.42 Å². The van der Waals surface area contributed by atoms with E-state index in [4.69, 9.17) is 10.2 Å². The topological polar surface area (TPSA) is 39.2 Å². The molecule has 0 saturated heterocycles. The molecule has 1 unspecified atom stereocenters. The predicted molar refractivity (Wildman–Crippen MR) is 57.7 cm³/mol. The highest BCUT2D eigenvalue weighted by atomic mass is 16.3. The SMILES string of the molecule is CC1(C)CC(c2ccco2)=CC(N)C1. The van der Waals surface area contributed by atoms with Gasteiger partial charge in [0.15, 0.2) is 0 Å². The van der Waals surface area contributed by atoms with Crippen molar-refractivity contribution in [1.82, 2.24) is 0 Å². The standard InChI is InChI=1S/C12H17NO/c1-12(2)7-9(6-10(13)8-12)11-4-3-5-14-11/h3-6,10H,7-8,13H2,1-2H3. The number of rotatable bonds is 1. The fourth-order valence-electron chi connectivity index (χ4n) is 2.23. The predicted octanol–water partition coefficient (Wildman–Crippen LogP) is 2.81. The lowest BCUT2D eigenvalue weighted by Gasteiger charge is -2.32. The maximum atomic E-state index is 5.99. The third kappa shape index (κ3) is 1.90. The van der Waals surface area contributed by atoms with Gasteiger partial charge in [-0.15, -0.1) is 0 Å². The third-order valence-electron chi connectivity index (χ3n) is 2.71. The van der Waals surface area contributed by atoms with Crippen LogP contribution < -0.4 is 5.73 Å². The molecule has 0 saturated carbocycles. The van der Waals surface area contributed by atoms with Gasteiger partial charge in [-0.25, -0.2) is 0 Å². The lowest BCUT2D eigenvalue weighted by Crippen LogP contribution is -2.30. The summed E-state index contributed by atoms with van der Waals surface area (Å²) in [5, 5.41) is 0. The van der Waals surface area contributed by atoms with Crippen LogP contribution in [0.5, 0.6) is 0 Å². The van der Waals surface area contributed by atoms with E-state index in [1.165, 1.54) is 5.57 Å². The van der Waals surface area contributed by atoms with E-state index in [1.54, 1.807) is 6.26 Å². The van der Waals surface area contributed by atoms with E-state index < -0.39 is 0 Å². The third-order valence-corrected chi connectivity index (χ3v) is 2.71. The van der Waals surface area contributed by atoms with Gasteiger partial charge in [0.2, 0.25) is 0 Å². The summed E-state index contributed by atoms with van der Waals surface area (Å²) in [6.07, 6.45) is 5.94. The molecule has 76 valence electrons. The van der Waals surface area contributed by atoms with Crippen LogP contribution in [0.1, 0.15) is 32.4 Å². The number of hydrogen-bond donors (Lipinski definition) is 1. The zero-order valence-corrected chi connectivity index (χ0v) is 8.79. The van der Waals surface area contributed by atoms with Crippen LogP contribution in [0, 0.1) is 5.41 Å². The normalized spacial score (nSPS) is 25.9. The van der Waals surface area contributed by atoms with Gasteiger partial charge >= 0.3 is 0 Å². The first-order chi connectivity index (χ1) is 6.57. The highest BCUT2D eigenvalue weighted by Crippen LogP contribution is 2.38. The summed E-state index contributed by atoms with van der Waals surface area (Å²) in [6, 6.07) is 4.09. The van der Waals surface area contributed by atoms with Gasteiger partial charge in [0.1, 0.15) is 5.76 Å². The van der Waals surface area contributed by atoms with E-state index in [9.17, 15) is 0 Å². The molecule has 2 rings (SSSR count). The molecule has 0 radical (unpaired) electrons. The second kappa shape index (κ2) is 3.28. The van der Waals surface area contributed by atoms with Crippen LogP contribution in [0.25, 0.3) is 5.57 Å². The minimum Gasteiger partial charge on any atom is -0.465 e. The van der Waals surface area contributed by atoms with Gasteiger partial charge in [-0.3, -0.25) is 0 Å². The minimum atomic E-state index is 0.166. The fourth-order valence-corrected chi connectivity index (χ4v) is 2.23. The van der Waals surface area contributed by atoms with Crippen molar-refractivity contribution in [3.05, 3.63) is 30.2 Å². The molecule has 1 aliphatic rings. The molecule has 2 heteroatoms. The lowest BCUT2D eigenvalue weighted by molar-refractivity contribution is 0.315. The summed E-state index contributed by atoms with van der Waals surface area (Å²) < 4.78 is 5.39. The van der Waals surface area contributed by atoms with Crippen molar-refractivity contribution in [2.75, 3.05) is 0 Å². The monoisotopic (exact) mass is 191 g/mol. The summed E-state index contributed by atoms with van der Waals surface area (Å²) in [4.78, 5) is 0. The Morgan fingerprint density at radius 1 is 1.50 bits per heavy atom. The van der Waals surface area contributed by atoms with E-state index in [1.807, 2.05) is 12.1 Å². The van der Waals surface area contributed by atoms with E-state index in [0.29, 0.717) is 0 Å². The molecule has 0 fully saturated rings. The highest BCUT2D eigenvalue weighted by molar-refractivity contribution is 5.63. The number of hydrogen-bond acceptors (Lipinski definition) is 2. The summed E-state index contributed by atoms with van der Waals surface area (Å²) >= 11 is 0. The largest absolute Gasteiger partial charge is 0.465 e. The zero-order chi connectivity index (χ0) is 10.2. The van der Waals surface area contributed by atoms with Crippen LogP contribution in [0.3, 0.4) is 0 Å². The molecular weight excluding hydrogens is 174 g/mol. The molecule has 1 aliphatic carbocycles. The molecule has 2 nitrogen and oxygen atoms in total. The average molecular weight is 191 g/mol. The van der Waals surface area contributed by atoms with Crippen molar-refractivity contribution in [3.8, 4) is 0 Å². The first-order valence-corrected chi connectivity index (χ1v) is 5.07. The van der Waals surface area contributed by atoms with Crippen molar-refractivity contribution in [3.63, 3.8) is 0 Å². The lowest BCUT2D eigenvalue weighted by atomic mass is 9.75. The Morgan fingerprint density at radius 2 is 2.29 bits per heavy atom.